The molecule has 1 fully saturated rings. The van der Waals surface area contributed by atoms with Gasteiger partial charge in [-0.2, -0.15) is 0 Å². The van der Waals surface area contributed by atoms with Gasteiger partial charge in [0.1, 0.15) is 12.6 Å². The van der Waals surface area contributed by atoms with E-state index in [1.54, 1.807) is 30.0 Å². The predicted octanol–water partition coefficient (Wildman–Crippen LogP) is 5.32. The van der Waals surface area contributed by atoms with Gasteiger partial charge >= 0.3 is 0 Å². The minimum atomic E-state index is -0.700. The van der Waals surface area contributed by atoms with Gasteiger partial charge in [-0.1, -0.05) is 67.3 Å². The molecule has 1 unspecified atom stereocenters. The van der Waals surface area contributed by atoms with Crippen molar-refractivity contribution in [1.82, 2.24) is 10.2 Å². The Morgan fingerprint density at radius 1 is 1.06 bits per heavy atom. The molecular weight excluding hydrogens is 474 g/mol. The van der Waals surface area contributed by atoms with E-state index in [-0.39, 0.29) is 36.9 Å². The molecule has 186 valence electrons. The molecule has 6 nitrogen and oxygen atoms in total. The van der Waals surface area contributed by atoms with E-state index in [0.29, 0.717) is 10.6 Å². The van der Waals surface area contributed by atoms with Crippen molar-refractivity contribution in [2.75, 3.05) is 11.4 Å². The van der Waals surface area contributed by atoms with Crippen molar-refractivity contribution in [2.24, 2.45) is 0 Å². The molecule has 0 spiro atoms. The van der Waals surface area contributed by atoms with Gasteiger partial charge in [0, 0.05) is 28.6 Å². The second-order valence-corrected chi connectivity index (χ2v) is 10.2. The first-order chi connectivity index (χ1) is 17.4. The Hall–Kier alpha value is -3.38. The Morgan fingerprint density at radius 2 is 1.78 bits per heavy atom. The smallest absolute Gasteiger partial charge is 0.259 e. The van der Waals surface area contributed by atoms with Crippen molar-refractivity contribution in [3.63, 3.8) is 0 Å². The standard InChI is InChI=1S/C29H30ClN3O3/c1-19(28(35)31-23-12-3-2-4-13-23)32(17-20-8-5-11-22(30)16-20)26(34)18-33-25-15-7-10-21-9-6-14-24(27(21)25)29(33)36/h5-11,14-16,19,23H,2-4,12-13,17-18H2,1H3,(H,31,35). The summed E-state index contributed by atoms with van der Waals surface area (Å²) in [6, 6.07) is 18.1. The summed E-state index contributed by atoms with van der Waals surface area (Å²) < 4.78 is 0. The summed E-state index contributed by atoms with van der Waals surface area (Å²) in [7, 11) is 0. The number of anilines is 1. The first-order valence-electron chi connectivity index (χ1n) is 12.6. The Kier molecular flexibility index (Phi) is 6.97. The zero-order valence-corrected chi connectivity index (χ0v) is 21.1. The fourth-order valence-corrected chi connectivity index (χ4v) is 5.56. The number of rotatable bonds is 7. The molecule has 36 heavy (non-hydrogen) atoms. The molecule has 0 bridgehead atoms. The third-order valence-corrected chi connectivity index (χ3v) is 7.54. The maximum absolute atomic E-state index is 13.8. The highest BCUT2D eigenvalue weighted by Crippen LogP contribution is 2.37. The molecule has 0 saturated heterocycles. The van der Waals surface area contributed by atoms with Crippen LogP contribution in [0.3, 0.4) is 0 Å². The lowest BCUT2D eigenvalue weighted by Crippen LogP contribution is -2.52. The van der Waals surface area contributed by atoms with E-state index in [0.717, 1.165) is 47.7 Å². The highest BCUT2D eigenvalue weighted by Gasteiger charge is 2.34. The predicted molar refractivity (Wildman–Crippen MR) is 142 cm³/mol. The second-order valence-electron chi connectivity index (χ2n) is 9.74. The molecule has 1 aliphatic carbocycles. The molecule has 1 atom stereocenters. The minimum absolute atomic E-state index is 0.143. The molecule has 2 aliphatic rings. The van der Waals surface area contributed by atoms with E-state index in [4.69, 9.17) is 11.6 Å². The molecule has 0 aromatic heterocycles. The fraction of sp³-hybridized carbons (Fsp3) is 0.345. The Morgan fingerprint density at radius 3 is 2.53 bits per heavy atom. The van der Waals surface area contributed by atoms with Crippen molar-refractivity contribution in [2.45, 2.75) is 57.7 Å². The highest BCUT2D eigenvalue weighted by atomic mass is 35.5. The molecule has 3 aromatic carbocycles. The number of hydrogen-bond donors (Lipinski definition) is 1. The highest BCUT2D eigenvalue weighted by molar-refractivity contribution is 6.30. The summed E-state index contributed by atoms with van der Waals surface area (Å²) in [6.07, 6.45) is 5.33. The van der Waals surface area contributed by atoms with Crippen molar-refractivity contribution in [3.05, 3.63) is 76.8 Å². The minimum Gasteiger partial charge on any atom is -0.352 e. The summed E-state index contributed by atoms with van der Waals surface area (Å²) in [4.78, 5) is 43.3. The van der Waals surface area contributed by atoms with Crippen LogP contribution in [-0.4, -0.2) is 41.2 Å². The van der Waals surface area contributed by atoms with Gasteiger partial charge in [-0.3, -0.25) is 19.3 Å². The van der Waals surface area contributed by atoms with Crippen LogP contribution in [0.2, 0.25) is 5.02 Å². The summed E-state index contributed by atoms with van der Waals surface area (Å²) in [6.45, 7) is 1.83. The summed E-state index contributed by atoms with van der Waals surface area (Å²) in [5, 5.41) is 5.54. The number of carbonyl (C=O) groups is 3. The quantitative estimate of drug-likeness (QED) is 0.474. The number of nitrogens with one attached hydrogen (secondary N) is 1. The number of hydrogen-bond acceptors (Lipinski definition) is 3. The number of carbonyl (C=O) groups excluding carboxylic acids is 3. The topological polar surface area (TPSA) is 69.7 Å². The van der Waals surface area contributed by atoms with Crippen LogP contribution in [0.4, 0.5) is 5.69 Å². The number of halogens is 1. The molecular formula is C29H30ClN3O3. The molecule has 3 aromatic rings. The third kappa shape index (κ3) is 4.82. The van der Waals surface area contributed by atoms with Crippen LogP contribution in [0.15, 0.2) is 60.7 Å². The van der Waals surface area contributed by atoms with E-state index in [1.165, 1.54) is 11.3 Å². The van der Waals surface area contributed by atoms with Crippen LogP contribution in [0.5, 0.6) is 0 Å². The Bertz CT molecular complexity index is 1310. The number of nitrogens with zero attached hydrogens (tertiary/aromatic N) is 2. The number of benzene rings is 3. The van der Waals surface area contributed by atoms with Gasteiger partial charge in [-0.25, -0.2) is 0 Å². The lowest BCUT2D eigenvalue weighted by molar-refractivity contribution is -0.139. The monoisotopic (exact) mass is 503 g/mol. The van der Waals surface area contributed by atoms with Crippen LogP contribution in [0, 0.1) is 0 Å². The van der Waals surface area contributed by atoms with Gasteiger partial charge in [-0.15, -0.1) is 0 Å². The van der Waals surface area contributed by atoms with Gasteiger partial charge < -0.3 is 10.2 Å². The van der Waals surface area contributed by atoms with E-state index in [2.05, 4.69) is 5.32 Å². The van der Waals surface area contributed by atoms with Crippen LogP contribution in [-0.2, 0) is 16.1 Å². The van der Waals surface area contributed by atoms with E-state index >= 15 is 0 Å². The largest absolute Gasteiger partial charge is 0.352 e. The summed E-state index contributed by atoms with van der Waals surface area (Å²) >= 11 is 6.20. The molecule has 1 aliphatic heterocycles. The molecule has 1 heterocycles. The summed E-state index contributed by atoms with van der Waals surface area (Å²) in [5.74, 6) is -0.660. The Labute approximate surface area is 216 Å². The molecule has 0 radical (unpaired) electrons. The lowest BCUT2D eigenvalue weighted by Gasteiger charge is -2.32. The van der Waals surface area contributed by atoms with Crippen molar-refractivity contribution < 1.29 is 14.4 Å². The van der Waals surface area contributed by atoms with Crippen LogP contribution in [0.1, 0.15) is 54.9 Å². The lowest BCUT2D eigenvalue weighted by atomic mass is 9.95. The first kappa shape index (κ1) is 24.3. The van der Waals surface area contributed by atoms with Gasteiger partial charge in [0.25, 0.3) is 5.91 Å². The maximum atomic E-state index is 13.8. The average molecular weight is 504 g/mol. The molecule has 5 rings (SSSR count). The first-order valence-corrected chi connectivity index (χ1v) is 13.0. The molecule has 1 N–H and O–H groups in total. The van der Waals surface area contributed by atoms with Crippen LogP contribution in [0.25, 0.3) is 10.8 Å². The van der Waals surface area contributed by atoms with Gasteiger partial charge in [0.05, 0.1) is 5.69 Å². The fourth-order valence-electron chi connectivity index (χ4n) is 5.35. The zero-order chi connectivity index (χ0) is 25.2. The van der Waals surface area contributed by atoms with Crippen molar-refractivity contribution >= 4 is 45.8 Å². The zero-order valence-electron chi connectivity index (χ0n) is 20.4. The normalized spacial score (nSPS) is 16.3. The Balaban J connectivity index is 1.40. The van der Waals surface area contributed by atoms with E-state index in [9.17, 15) is 14.4 Å². The SMILES string of the molecule is CC(C(=O)NC1CCCCC1)N(Cc1cccc(Cl)c1)C(=O)CN1C(=O)c2cccc3cccc1c23. The maximum Gasteiger partial charge on any atom is 0.259 e. The molecule has 1 saturated carbocycles. The van der Waals surface area contributed by atoms with Crippen LogP contribution >= 0.6 is 11.6 Å². The van der Waals surface area contributed by atoms with E-state index < -0.39 is 6.04 Å². The van der Waals surface area contributed by atoms with Crippen molar-refractivity contribution in [1.29, 1.82) is 0 Å². The third-order valence-electron chi connectivity index (χ3n) is 7.30. The van der Waals surface area contributed by atoms with Gasteiger partial charge in [0.2, 0.25) is 11.8 Å². The summed E-state index contributed by atoms with van der Waals surface area (Å²) in [5.41, 5.74) is 2.15. The van der Waals surface area contributed by atoms with E-state index in [1.807, 2.05) is 42.5 Å². The number of amides is 3. The second kappa shape index (κ2) is 10.3. The van der Waals surface area contributed by atoms with Crippen LogP contribution < -0.4 is 10.2 Å². The van der Waals surface area contributed by atoms with Gasteiger partial charge in [0.15, 0.2) is 0 Å². The van der Waals surface area contributed by atoms with Gasteiger partial charge in [-0.05, 0) is 55.0 Å². The van der Waals surface area contributed by atoms with Crippen molar-refractivity contribution in [3.8, 4) is 0 Å². The molecule has 3 amide bonds. The average Bonchev–Trinajstić information content (AvgIpc) is 3.15. The molecule has 7 heteroatoms.